The fourth-order valence-electron chi connectivity index (χ4n) is 4.49. The van der Waals surface area contributed by atoms with E-state index >= 15 is 0 Å². The monoisotopic (exact) mass is 430 g/mol. The highest BCUT2D eigenvalue weighted by Gasteiger charge is 2.29. The predicted octanol–water partition coefficient (Wildman–Crippen LogP) is 7.94. The van der Waals surface area contributed by atoms with Gasteiger partial charge in [0, 0.05) is 0 Å². The first-order chi connectivity index (χ1) is 14.7. The van der Waals surface area contributed by atoms with Crippen LogP contribution in [0.5, 0.6) is 0 Å². The normalized spacial score (nSPS) is 12.0. The lowest BCUT2D eigenvalue weighted by molar-refractivity contribution is 0.843. The lowest BCUT2D eigenvalue weighted by atomic mass is 9.95. The van der Waals surface area contributed by atoms with Crippen molar-refractivity contribution in [1.82, 2.24) is 0 Å². The molecule has 0 aliphatic carbocycles. The summed E-state index contributed by atoms with van der Waals surface area (Å²) in [6.07, 6.45) is 0. The summed E-state index contributed by atoms with van der Waals surface area (Å²) in [7, 11) is -0.659. The van der Waals surface area contributed by atoms with E-state index in [9.17, 15) is 0 Å². The molecule has 0 unspecified atom stereocenters. The molecule has 0 spiro atoms. The highest BCUT2D eigenvalue weighted by molar-refractivity contribution is 7.80. The van der Waals surface area contributed by atoms with Gasteiger partial charge in [-0.1, -0.05) is 122 Å². The van der Waals surface area contributed by atoms with Crippen LogP contribution in [0.15, 0.2) is 66.7 Å². The third kappa shape index (κ3) is 4.96. The zero-order chi connectivity index (χ0) is 22.7. The van der Waals surface area contributed by atoms with Crippen LogP contribution in [0, 0.1) is 0 Å². The molecule has 3 aromatic rings. The second-order valence-corrected chi connectivity index (χ2v) is 11.9. The van der Waals surface area contributed by atoms with Gasteiger partial charge < -0.3 is 0 Å². The van der Waals surface area contributed by atoms with Crippen molar-refractivity contribution >= 4 is 23.8 Å². The maximum atomic E-state index is 2.37. The van der Waals surface area contributed by atoms with Gasteiger partial charge in [-0.2, -0.15) is 0 Å². The SMILES string of the molecule is CC(C)c1cccc(C(C)C)c1P(c1ccccc1)c1c(C(C)C)cccc1C(C)C. The van der Waals surface area contributed by atoms with Crippen molar-refractivity contribution < 1.29 is 0 Å². The fraction of sp³-hybridized carbons (Fsp3) is 0.400. The second kappa shape index (κ2) is 10.1. The Hall–Kier alpha value is -1.91. The van der Waals surface area contributed by atoms with Crippen molar-refractivity contribution in [2.24, 2.45) is 0 Å². The molecule has 0 saturated heterocycles. The van der Waals surface area contributed by atoms with E-state index in [0.717, 1.165) is 0 Å². The topological polar surface area (TPSA) is 0 Å². The third-order valence-corrected chi connectivity index (χ3v) is 8.89. The molecule has 0 nitrogen and oxygen atoms in total. The average molecular weight is 431 g/mol. The molecule has 0 amide bonds. The Morgan fingerprint density at radius 1 is 0.419 bits per heavy atom. The zero-order valence-corrected chi connectivity index (χ0v) is 21.5. The van der Waals surface area contributed by atoms with Crippen molar-refractivity contribution in [3.05, 3.63) is 89.0 Å². The highest BCUT2D eigenvalue weighted by Crippen LogP contribution is 2.43. The molecule has 31 heavy (non-hydrogen) atoms. The standard InChI is InChI=1S/C30H39P/c1-20(2)25-16-12-17-26(21(3)4)29(25)31(24-14-10-9-11-15-24)30-27(22(5)6)18-13-19-28(30)23(7)8/h9-23H,1-8H3. The third-order valence-electron chi connectivity index (χ3n) is 6.15. The average Bonchev–Trinajstić information content (AvgIpc) is 2.74. The van der Waals surface area contributed by atoms with Gasteiger partial charge in [-0.05, 0) is 69.8 Å². The molecule has 0 fully saturated rings. The largest absolute Gasteiger partial charge is 0.0622 e. The Labute approximate surface area is 191 Å². The minimum atomic E-state index is -0.659. The summed E-state index contributed by atoms with van der Waals surface area (Å²) in [6.45, 7) is 18.8. The molecular weight excluding hydrogens is 391 g/mol. The summed E-state index contributed by atoms with van der Waals surface area (Å²) >= 11 is 0. The van der Waals surface area contributed by atoms with Crippen LogP contribution in [0.25, 0.3) is 0 Å². The molecule has 164 valence electrons. The summed E-state index contributed by atoms with van der Waals surface area (Å²) in [5.41, 5.74) is 6.03. The van der Waals surface area contributed by atoms with Gasteiger partial charge in [0.05, 0.1) is 0 Å². The summed E-state index contributed by atoms with van der Waals surface area (Å²) in [5.74, 6) is 1.99. The molecule has 3 rings (SSSR count). The molecule has 0 atom stereocenters. The maximum Gasteiger partial charge on any atom is -0.00816 e. The molecule has 0 bridgehead atoms. The molecular formula is C30H39P. The Morgan fingerprint density at radius 2 is 0.742 bits per heavy atom. The van der Waals surface area contributed by atoms with Crippen LogP contribution in [0.3, 0.4) is 0 Å². The molecule has 1 heteroatoms. The summed E-state index contributed by atoms with van der Waals surface area (Å²) in [5, 5.41) is 4.63. The fourth-order valence-corrected chi connectivity index (χ4v) is 8.06. The number of benzene rings is 3. The van der Waals surface area contributed by atoms with E-state index in [1.165, 1.54) is 27.6 Å². The Balaban J connectivity index is 2.49. The van der Waals surface area contributed by atoms with Crippen LogP contribution in [0.4, 0.5) is 0 Å². The van der Waals surface area contributed by atoms with Gasteiger partial charge in [0.1, 0.15) is 0 Å². The first-order valence-electron chi connectivity index (χ1n) is 11.8. The van der Waals surface area contributed by atoms with E-state index in [4.69, 9.17) is 0 Å². The van der Waals surface area contributed by atoms with Crippen LogP contribution >= 0.6 is 7.92 Å². The van der Waals surface area contributed by atoms with Gasteiger partial charge in [0.2, 0.25) is 0 Å². The molecule has 0 radical (unpaired) electrons. The molecule has 3 aromatic carbocycles. The van der Waals surface area contributed by atoms with E-state index < -0.39 is 7.92 Å². The van der Waals surface area contributed by atoms with Crippen molar-refractivity contribution in [2.45, 2.75) is 79.1 Å². The van der Waals surface area contributed by atoms with Gasteiger partial charge >= 0.3 is 0 Å². The van der Waals surface area contributed by atoms with Crippen LogP contribution in [-0.2, 0) is 0 Å². The van der Waals surface area contributed by atoms with E-state index in [2.05, 4.69) is 122 Å². The van der Waals surface area contributed by atoms with Gasteiger partial charge in [0.15, 0.2) is 0 Å². The highest BCUT2D eigenvalue weighted by atomic mass is 31.1. The summed E-state index contributed by atoms with van der Waals surface area (Å²) < 4.78 is 0. The number of hydrogen-bond donors (Lipinski definition) is 0. The summed E-state index contributed by atoms with van der Waals surface area (Å²) in [6, 6.07) is 25.3. The van der Waals surface area contributed by atoms with Crippen molar-refractivity contribution in [3.63, 3.8) is 0 Å². The van der Waals surface area contributed by atoms with Crippen LogP contribution in [0.2, 0.25) is 0 Å². The van der Waals surface area contributed by atoms with Crippen LogP contribution < -0.4 is 15.9 Å². The van der Waals surface area contributed by atoms with Gasteiger partial charge in [-0.15, -0.1) is 0 Å². The first kappa shape index (κ1) is 23.7. The molecule has 0 aliphatic rings. The van der Waals surface area contributed by atoms with Gasteiger partial charge in [-0.25, -0.2) is 0 Å². The minimum Gasteiger partial charge on any atom is -0.0622 e. The number of rotatable bonds is 7. The quantitative estimate of drug-likeness (QED) is 0.334. The van der Waals surface area contributed by atoms with E-state index in [1.54, 1.807) is 10.6 Å². The lowest BCUT2D eigenvalue weighted by Crippen LogP contribution is -2.31. The van der Waals surface area contributed by atoms with Crippen LogP contribution in [-0.4, -0.2) is 0 Å². The summed E-state index contributed by atoms with van der Waals surface area (Å²) in [4.78, 5) is 0. The van der Waals surface area contributed by atoms with Gasteiger partial charge in [0.25, 0.3) is 0 Å². The zero-order valence-electron chi connectivity index (χ0n) is 20.6. The molecule has 0 aromatic heterocycles. The molecule has 0 heterocycles. The smallest absolute Gasteiger partial charge is 0.00816 e. The lowest BCUT2D eigenvalue weighted by Gasteiger charge is -2.32. The Morgan fingerprint density at radius 3 is 1.03 bits per heavy atom. The van der Waals surface area contributed by atoms with Crippen molar-refractivity contribution in [2.75, 3.05) is 0 Å². The Kier molecular flexibility index (Phi) is 7.77. The first-order valence-corrected chi connectivity index (χ1v) is 13.2. The Bertz CT molecular complexity index is 880. The second-order valence-electron chi connectivity index (χ2n) is 9.86. The van der Waals surface area contributed by atoms with Crippen molar-refractivity contribution in [1.29, 1.82) is 0 Å². The maximum absolute atomic E-state index is 2.37. The van der Waals surface area contributed by atoms with Crippen molar-refractivity contribution in [3.8, 4) is 0 Å². The minimum absolute atomic E-state index is 0.496. The predicted molar refractivity (Wildman–Crippen MR) is 142 cm³/mol. The molecule has 0 N–H and O–H groups in total. The van der Waals surface area contributed by atoms with E-state index in [0.29, 0.717) is 23.7 Å². The molecule has 0 aliphatic heterocycles. The molecule has 0 saturated carbocycles. The van der Waals surface area contributed by atoms with Crippen LogP contribution in [0.1, 0.15) is 101 Å². The number of hydrogen-bond acceptors (Lipinski definition) is 0. The van der Waals surface area contributed by atoms with Gasteiger partial charge in [-0.3, -0.25) is 0 Å². The van der Waals surface area contributed by atoms with E-state index in [-0.39, 0.29) is 0 Å². The van der Waals surface area contributed by atoms with E-state index in [1.807, 2.05) is 0 Å².